The molecule has 1 aromatic heterocycles. The number of aromatic nitrogens is 1. The van der Waals surface area contributed by atoms with Crippen molar-refractivity contribution in [3.63, 3.8) is 0 Å². The van der Waals surface area contributed by atoms with Crippen molar-refractivity contribution in [2.24, 2.45) is 0 Å². The Morgan fingerprint density at radius 3 is 2.19 bits per heavy atom. The molecule has 32 heavy (non-hydrogen) atoms. The van der Waals surface area contributed by atoms with Gasteiger partial charge >= 0.3 is 0 Å². The predicted octanol–water partition coefficient (Wildman–Crippen LogP) is 4.68. The third-order valence-electron chi connectivity index (χ3n) is 6.63. The van der Waals surface area contributed by atoms with Gasteiger partial charge < -0.3 is 14.8 Å². The minimum atomic E-state index is -0.0292. The largest absolute Gasteiger partial charge is 0.361 e. The number of nitrogens with zero attached hydrogens (tertiary/aromatic N) is 2. The molecule has 4 rings (SSSR count). The highest BCUT2D eigenvalue weighted by Gasteiger charge is 2.27. The number of hydrogen-bond donors (Lipinski definition) is 1. The molecule has 1 saturated heterocycles. The molecule has 0 unspecified atom stereocenters. The van der Waals surface area contributed by atoms with Crippen LogP contribution in [0.25, 0.3) is 10.9 Å². The van der Waals surface area contributed by atoms with Crippen molar-refractivity contribution < 1.29 is 9.59 Å². The van der Waals surface area contributed by atoms with Gasteiger partial charge in [-0.1, -0.05) is 63.2 Å². The first kappa shape index (κ1) is 22.1. The molecule has 1 aliphatic heterocycles. The number of hydrogen-bond acceptors (Lipinski definition) is 2. The predicted molar refractivity (Wildman–Crippen MR) is 129 cm³/mol. The highest BCUT2D eigenvalue weighted by molar-refractivity contribution is 5.86. The van der Waals surface area contributed by atoms with Gasteiger partial charge in [0.15, 0.2) is 0 Å². The van der Waals surface area contributed by atoms with Crippen LogP contribution in [0.15, 0.2) is 54.7 Å². The standard InChI is InChI=1S/C27H33N3O2/c1-19(31)29-13-15-30(16-14-29)26(32)17-23(20-9-11-21(12-10-20)27(2,3)4)24-18-28-25-8-6-5-7-22(24)25/h5-12,18,23,28H,13-17H2,1-4H3/t23-/m1/s1. The normalized spacial score (nSPS) is 15.8. The number of fused-ring (bicyclic) bond motifs is 1. The summed E-state index contributed by atoms with van der Waals surface area (Å²) < 4.78 is 0. The molecule has 3 aromatic rings. The molecule has 1 N–H and O–H groups in total. The number of carbonyl (C=O) groups is 2. The monoisotopic (exact) mass is 431 g/mol. The van der Waals surface area contributed by atoms with Crippen LogP contribution in [-0.4, -0.2) is 52.8 Å². The highest BCUT2D eigenvalue weighted by atomic mass is 16.2. The fourth-order valence-corrected chi connectivity index (χ4v) is 4.58. The van der Waals surface area contributed by atoms with Gasteiger partial charge in [-0.25, -0.2) is 0 Å². The van der Waals surface area contributed by atoms with E-state index in [1.54, 1.807) is 6.92 Å². The van der Waals surface area contributed by atoms with Crippen molar-refractivity contribution in [1.29, 1.82) is 0 Å². The van der Waals surface area contributed by atoms with Gasteiger partial charge in [-0.3, -0.25) is 9.59 Å². The van der Waals surface area contributed by atoms with Crippen molar-refractivity contribution in [2.45, 2.75) is 45.4 Å². The summed E-state index contributed by atoms with van der Waals surface area (Å²) in [6, 6.07) is 17.0. The van der Waals surface area contributed by atoms with E-state index in [4.69, 9.17) is 0 Å². The smallest absolute Gasteiger partial charge is 0.223 e. The Bertz CT molecular complexity index is 1100. The first-order chi connectivity index (χ1) is 15.2. The Morgan fingerprint density at radius 2 is 1.56 bits per heavy atom. The zero-order valence-electron chi connectivity index (χ0n) is 19.5. The number of para-hydroxylation sites is 1. The van der Waals surface area contributed by atoms with Crippen molar-refractivity contribution in [3.05, 3.63) is 71.4 Å². The lowest BCUT2D eigenvalue weighted by Crippen LogP contribution is -2.50. The molecule has 5 heteroatoms. The lowest BCUT2D eigenvalue weighted by Gasteiger charge is -2.35. The van der Waals surface area contributed by atoms with E-state index in [9.17, 15) is 9.59 Å². The van der Waals surface area contributed by atoms with Crippen LogP contribution in [-0.2, 0) is 15.0 Å². The molecule has 0 bridgehead atoms. The zero-order chi connectivity index (χ0) is 22.9. The summed E-state index contributed by atoms with van der Waals surface area (Å²) in [5.74, 6) is 0.189. The van der Waals surface area contributed by atoms with Crippen molar-refractivity contribution in [3.8, 4) is 0 Å². The molecular formula is C27H33N3O2. The summed E-state index contributed by atoms with van der Waals surface area (Å²) in [6.45, 7) is 10.6. The van der Waals surface area contributed by atoms with Crippen LogP contribution in [0, 0.1) is 0 Å². The van der Waals surface area contributed by atoms with Crippen LogP contribution >= 0.6 is 0 Å². The molecule has 0 radical (unpaired) electrons. The van der Waals surface area contributed by atoms with Crippen LogP contribution in [0.4, 0.5) is 0 Å². The van der Waals surface area contributed by atoms with E-state index in [2.05, 4.69) is 62.2 Å². The van der Waals surface area contributed by atoms with Crippen LogP contribution in [0.1, 0.15) is 56.7 Å². The lowest BCUT2D eigenvalue weighted by atomic mass is 9.83. The first-order valence-corrected chi connectivity index (χ1v) is 11.4. The Kier molecular flexibility index (Phi) is 6.09. The van der Waals surface area contributed by atoms with E-state index in [-0.39, 0.29) is 23.1 Å². The Hall–Kier alpha value is -3.08. The highest BCUT2D eigenvalue weighted by Crippen LogP contribution is 2.35. The Balaban J connectivity index is 1.63. The molecule has 0 spiro atoms. The van der Waals surface area contributed by atoms with Crippen molar-refractivity contribution in [1.82, 2.24) is 14.8 Å². The fraction of sp³-hybridized carbons (Fsp3) is 0.407. The second-order valence-electron chi connectivity index (χ2n) is 9.81. The van der Waals surface area contributed by atoms with E-state index < -0.39 is 0 Å². The fourth-order valence-electron chi connectivity index (χ4n) is 4.58. The number of nitrogens with one attached hydrogen (secondary N) is 1. The van der Waals surface area contributed by atoms with E-state index >= 15 is 0 Å². The van der Waals surface area contributed by atoms with Crippen LogP contribution in [0.3, 0.4) is 0 Å². The average molecular weight is 432 g/mol. The maximum atomic E-state index is 13.3. The number of H-pyrrole nitrogens is 1. The molecule has 2 heterocycles. The van der Waals surface area contributed by atoms with E-state index in [0.717, 1.165) is 22.0 Å². The molecular weight excluding hydrogens is 398 g/mol. The van der Waals surface area contributed by atoms with E-state index in [1.807, 2.05) is 28.1 Å². The maximum absolute atomic E-state index is 13.3. The SMILES string of the molecule is CC(=O)N1CCN(C(=O)C[C@H](c2ccc(C(C)(C)C)cc2)c2c[nH]c3ccccc23)CC1. The molecule has 2 aromatic carbocycles. The van der Waals surface area contributed by atoms with Gasteiger partial charge in [0.1, 0.15) is 0 Å². The lowest BCUT2D eigenvalue weighted by molar-refractivity contribution is -0.138. The van der Waals surface area contributed by atoms with Gasteiger partial charge in [0.2, 0.25) is 11.8 Å². The third-order valence-corrected chi connectivity index (χ3v) is 6.63. The summed E-state index contributed by atoms with van der Waals surface area (Å²) in [4.78, 5) is 32.1. The number of carbonyl (C=O) groups excluding carboxylic acids is 2. The maximum Gasteiger partial charge on any atom is 0.223 e. The third kappa shape index (κ3) is 4.57. The molecule has 2 amide bonds. The Labute approximate surface area is 190 Å². The minimum absolute atomic E-state index is 0.0292. The zero-order valence-corrected chi connectivity index (χ0v) is 19.5. The summed E-state index contributed by atoms with van der Waals surface area (Å²) in [5.41, 5.74) is 4.76. The van der Waals surface area contributed by atoms with Gasteiger partial charge in [-0.05, 0) is 28.2 Å². The van der Waals surface area contributed by atoms with Crippen LogP contribution < -0.4 is 0 Å². The molecule has 0 saturated carbocycles. The number of rotatable bonds is 4. The summed E-state index contributed by atoms with van der Waals surface area (Å²) in [6.07, 6.45) is 2.46. The topological polar surface area (TPSA) is 56.4 Å². The minimum Gasteiger partial charge on any atom is -0.361 e. The summed E-state index contributed by atoms with van der Waals surface area (Å²) in [5, 5.41) is 1.16. The molecule has 168 valence electrons. The van der Waals surface area contributed by atoms with Gasteiger partial charge in [-0.2, -0.15) is 0 Å². The molecule has 5 nitrogen and oxygen atoms in total. The second kappa shape index (κ2) is 8.81. The number of piperazine rings is 1. The molecule has 0 aliphatic carbocycles. The Morgan fingerprint density at radius 1 is 0.938 bits per heavy atom. The van der Waals surface area contributed by atoms with Gasteiger partial charge in [0.25, 0.3) is 0 Å². The van der Waals surface area contributed by atoms with E-state index in [0.29, 0.717) is 32.6 Å². The number of benzene rings is 2. The van der Waals surface area contributed by atoms with Gasteiger partial charge in [0.05, 0.1) is 0 Å². The summed E-state index contributed by atoms with van der Waals surface area (Å²) in [7, 11) is 0. The average Bonchev–Trinajstić information content (AvgIpc) is 3.21. The van der Waals surface area contributed by atoms with Crippen molar-refractivity contribution in [2.75, 3.05) is 26.2 Å². The van der Waals surface area contributed by atoms with E-state index in [1.165, 1.54) is 5.56 Å². The molecule has 1 aliphatic rings. The van der Waals surface area contributed by atoms with Gasteiger partial charge in [0, 0.05) is 62.5 Å². The quantitative estimate of drug-likeness (QED) is 0.652. The number of amides is 2. The van der Waals surface area contributed by atoms with Gasteiger partial charge in [-0.15, -0.1) is 0 Å². The first-order valence-electron chi connectivity index (χ1n) is 11.4. The van der Waals surface area contributed by atoms with Crippen molar-refractivity contribution >= 4 is 22.7 Å². The molecule has 1 fully saturated rings. The summed E-state index contributed by atoms with van der Waals surface area (Å²) >= 11 is 0. The van der Waals surface area contributed by atoms with Crippen LogP contribution in [0.5, 0.6) is 0 Å². The number of aromatic amines is 1. The molecule has 1 atom stereocenters. The van der Waals surface area contributed by atoms with Crippen LogP contribution in [0.2, 0.25) is 0 Å². The second-order valence-corrected chi connectivity index (χ2v) is 9.81.